The Morgan fingerprint density at radius 2 is 1.88 bits per heavy atom. The summed E-state index contributed by atoms with van der Waals surface area (Å²) in [6, 6.07) is 10.6. The molecule has 7 nitrogen and oxygen atoms in total. The van der Waals surface area contributed by atoms with Gasteiger partial charge in [0.1, 0.15) is 0 Å². The van der Waals surface area contributed by atoms with Gasteiger partial charge in [0.25, 0.3) is 5.91 Å². The van der Waals surface area contributed by atoms with Gasteiger partial charge in [0.2, 0.25) is 10.0 Å². The second-order valence-corrected chi connectivity index (χ2v) is 9.05. The molecule has 0 saturated heterocycles. The van der Waals surface area contributed by atoms with Crippen molar-refractivity contribution in [2.24, 2.45) is 0 Å². The van der Waals surface area contributed by atoms with Crippen molar-refractivity contribution in [3.63, 3.8) is 0 Å². The number of hydrogen-bond donors (Lipinski definition) is 1. The Morgan fingerprint density at radius 3 is 2.59 bits per heavy atom. The maximum atomic E-state index is 12.8. The average Bonchev–Trinajstić information content (AvgIpc) is 3.07. The SMILES string of the molecule is CC1Cc2ccccc2N1C(=O)COC(=O)CCNS(=O)(=O)c1cccc(C(F)(F)F)c1. The second-order valence-electron chi connectivity index (χ2n) is 7.28. The number of fused-ring (bicyclic) bond motifs is 1. The van der Waals surface area contributed by atoms with E-state index < -0.39 is 58.1 Å². The highest BCUT2D eigenvalue weighted by molar-refractivity contribution is 7.89. The normalized spacial score (nSPS) is 16.0. The average molecular weight is 470 g/mol. The molecule has 2 aromatic carbocycles. The minimum atomic E-state index is -4.69. The van der Waals surface area contributed by atoms with Crippen LogP contribution >= 0.6 is 0 Å². The first-order chi connectivity index (χ1) is 15.0. The van der Waals surface area contributed by atoms with Crippen molar-refractivity contribution in [1.82, 2.24) is 4.72 Å². The lowest BCUT2D eigenvalue weighted by molar-refractivity contribution is -0.147. The zero-order valence-corrected chi connectivity index (χ0v) is 17.9. The van der Waals surface area contributed by atoms with Crippen molar-refractivity contribution in [3.05, 3.63) is 59.7 Å². The number of esters is 1. The van der Waals surface area contributed by atoms with Gasteiger partial charge in [0, 0.05) is 18.3 Å². The molecule has 2 aromatic rings. The summed E-state index contributed by atoms with van der Waals surface area (Å²) < 4.78 is 69.7. The number of nitrogens with zero attached hydrogens (tertiary/aromatic N) is 1. The minimum Gasteiger partial charge on any atom is -0.456 e. The number of amides is 1. The van der Waals surface area contributed by atoms with Crippen LogP contribution in [0.25, 0.3) is 0 Å². The van der Waals surface area contributed by atoms with Crippen molar-refractivity contribution in [2.75, 3.05) is 18.1 Å². The third kappa shape index (κ3) is 5.46. The Bertz CT molecular complexity index is 1120. The quantitative estimate of drug-likeness (QED) is 0.629. The summed E-state index contributed by atoms with van der Waals surface area (Å²) >= 11 is 0. The number of para-hydroxylation sites is 1. The van der Waals surface area contributed by atoms with Gasteiger partial charge in [-0.05, 0) is 43.2 Å². The lowest BCUT2D eigenvalue weighted by Gasteiger charge is -2.22. The fraction of sp³-hybridized carbons (Fsp3) is 0.333. The molecule has 3 rings (SSSR count). The van der Waals surface area contributed by atoms with Crippen LogP contribution in [0.1, 0.15) is 24.5 Å². The second kappa shape index (κ2) is 9.29. The molecule has 11 heteroatoms. The van der Waals surface area contributed by atoms with E-state index in [0.29, 0.717) is 12.5 Å². The zero-order valence-electron chi connectivity index (χ0n) is 17.1. The van der Waals surface area contributed by atoms with E-state index in [2.05, 4.69) is 4.72 Å². The molecule has 1 heterocycles. The Morgan fingerprint density at radius 1 is 1.16 bits per heavy atom. The Hall–Kier alpha value is -2.92. The molecule has 0 bridgehead atoms. The van der Waals surface area contributed by atoms with Crippen LogP contribution in [0, 0.1) is 0 Å². The van der Waals surface area contributed by atoms with Gasteiger partial charge in [-0.15, -0.1) is 0 Å². The number of hydrogen-bond acceptors (Lipinski definition) is 5. The number of carbonyl (C=O) groups excluding carboxylic acids is 2. The van der Waals surface area contributed by atoms with Crippen molar-refractivity contribution in [1.29, 1.82) is 0 Å². The van der Waals surface area contributed by atoms with E-state index in [-0.39, 0.29) is 6.04 Å². The standard InChI is InChI=1S/C21H21F3N2O5S/c1-14-11-15-5-2-3-8-18(15)26(14)19(27)13-31-20(28)9-10-25-32(29,30)17-7-4-6-16(12-17)21(22,23)24/h2-8,12,14,25H,9-11,13H2,1H3. The molecule has 0 spiro atoms. The van der Waals surface area contributed by atoms with Gasteiger partial charge in [0.15, 0.2) is 6.61 Å². The fourth-order valence-electron chi connectivity index (χ4n) is 3.44. The largest absolute Gasteiger partial charge is 0.456 e. The van der Waals surface area contributed by atoms with Gasteiger partial charge in [-0.3, -0.25) is 9.59 Å². The highest BCUT2D eigenvalue weighted by atomic mass is 32.2. The summed E-state index contributed by atoms with van der Waals surface area (Å²) in [5.41, 5.74) is 0.676. The van der Waals surface area contributed by atoms with E-state index in [1.54, 1.807) is 17.0 Å². The molecule has 0 radical (unpaired) electrons. The Balaban J connectivity index is 1.50. The molecule has 0 aromatic heterocycles. The van der Waals surface area contributed by atoms with Crippen LogP contribution in [0.15, 0.2) is 53.4 Å². The van der Waals surface area contributed by atoms with Crippen LogP contribution in [0.4, 0.5) is 18.9 Å². The molecule has 1 aliphatic rings. The summed E-state index contributed by atoms with van der Waals surface area (Å²) in [4.78, 5) is 25.4. The van der Waals surface area contributed by atoms with Crippen molar-refractivity contribution >= 4 is 27.6 Å². The van der Waals surface area contributed by atoms with Gasteiger partial charge in [-0.25, -0.2) is 13.1 Å². The molecule has 32 heavy (non-hydrogen) atoms. The smallest absolute Gasteiger partial charge is 0.416 e. The van der Waals surface area contributed by atoms with E-state index in [1.807, 2.05) is 19.1 Å². The molecule has 0 fully saturated rings. The van der Waals surface area contributed by atoms with Gasteiger partial charge in [-0.1, -0.05) is 24.3 Å². The first-order valence-corrected chi connectivity index (χ1v) is 11.2. The number of halogens is 3. The minimum absolute atomic E-state index is 0.0853. The predicted octanol–water partition coefficient (Wildman–Crippen LogP) is 2.89. The number of rotatable bonds is 7. The first-order valence-electron chi connectivity index (χ1n) is 9.71. The Labute approximate surface area is 183 Å². The molecule has 172 valence electrons. The highest BCUT2D eigenvalue weighted by Gasteiger charge is 2.32. The fourth-order valence-corrected chi connectivity index (χ4v) is 4.52. The van der Waals surface area contributed by atoms with Crippen LogP contribution in [-0.4, -0.2) is 39.5 Å². The first kappa shape index (κ1) is 23.7. The van der Waals surface area contributed by atoms with Crippen LogP contribution in [-0.2, 0) is 36.9 Å². The number of ether oxygens (including phenoxy) is 1. The van der Waals surface area contributed by atoms with Gasteiger partial charge >= 0.3 is 12.1 Å². The van der Waals surface area contributed by atoms with Crippen molar-refractivity contribution in [3.8, 4) is 0 Å². The molecule has 1 amide bonds. The number of nitrogens with one attached hydrogen (secondary N) is 1. The summed E-state index contributed by atoms with van der Waals surface area (Å²) in [6.07, 6.45) is -4.39. The zero-order chi connectivity index (χ0) is 23.5. The highest BCUT2D eigenvalue weighted by Crippen LogP contribution is 2.32. The third-order valence-corrected chi connectivity index (χ3v) is 6.38. The third-order valence-electron chi connectivity index (χ3n) is 4.93. The summed E-state index contributed by atoms with van der Waals surface area (Å²) in [7, 11) is -4.26. The van der Waals surface area contributed by atoms with Crippen LogP contribution in [0.5, 0.6) is 0 Å². The molecular weight excluding hydrogens is 449 g/mol. The number of carbonyl (C=O) groups is 2. The predicted molar refractivity (Wildman–Crippen MR) is 109 cm³/mol. The van der Waals surface area contributed by atoms with Crippen LogP contribution in [0.2, 0.25) is 0 Å². The van der Waals surface area contributed by atoms with Gasteiger partial charge in [-0.2, -0.15) is 13.2 Å². The molecule has 1 unspecified atom stereocenters. The number of benzene rings is 2. The maximum Gasteiger partial charge on any atom is 0.416 e. The van der Waals surface area contributed by atoms with Crippen molar-refractivity contribution in [2.45, 2.75) is 36.9 Å². The molecule has 1 aliphatic heterocycles. The molecule has 0 aliphatic carbocycles. The van der Waals surface area contributed by atoms with Gasteiger partial charge in [0.05, 0.1) is 16.9 Å². The summed E-state index contributed by atoms with van der Waals surface area (Å²) in [5.74, 6) is -1.22. The topological polar surface area (TPSA) is 92.8 Å². The summed E-state index contributed by atoms with van der Waals surface area (Å²) in [6.45, 7) is 0.981. The molecule has 0 saturated carbocycles. The van der Waals surface area contributed by atoms with E-state index >= 15 is 0 Å². The summed E-state index contributed by atoms with van der Waals surface area (Å²) in [5, 5.41) is 0. The number of anilines is 1. The van der Waals surface area contributed by atoms with Crippen LogP contribution < -0.4 is 9.62 Å². The number of sulfonamides is 1. The van der Waals surface area contributed by atoms with E-state index in [4.69, 9.17) is 4.74 Å². The monoisotopic (exact) mass is 470 g/mol. The molecular formula is C21H21F3N2O5S. The molecule has 1 N–H and O–H groups in total. The van der Waals surface area contributed by atoms with E-state index in [9.17, 15) is 31.2 Å². The Kier molecular flexibility index (Phi) is 6.89. The van der Waals surface area contributed by atoms with Gasteiger partial charge < -0.3 is 9.64 Å². The van der Waals surface area contributed by atoms with E-state index in [0.717, 1.165) is 29.4 Å². The molecule has 1 atom stereocenters. The van der Waals surface area contributed by atoms with Crippen molar-refractivity contribution < 1.29 is 35.9 Å². The number of alkyl halides is 3. The van der Waals surface area contributed by atoms with Crippen LogP contribution in [0.3, 0.4) is 0 Å². The lowest BCUT2D eigenvalue weighted by atomic mass is 10.1. The lowest BCUT2D eigenvalue weighted by Crippen LogP contribution is -2.39. The van der Waals surface area contributed by atoms with E-state index in [1.165, 1.54) is 0 Å². The maximum absolute atomic E-state index is 12.8.